The number of rotatable bonds is 11. The predicted molar refractivity (Wildman–Crippen MR) is 157 cm³/mol. The third kappa shape index (κ3) is 7.75. The maximum atomic E-state index is 13.9. The number of aryl methyl sites for hydroxylation is 1. The molecule has 0 aliphatic carbocycles. The summed E-state index contributed by atoms with van der Waals surface area (Å²) in [6, 6.07) is 18.8. The summed E-state index contributed by atoms with van der Waals surface area (Å²) in [5, 5.41) is 3.58. The first kappa shape index (κ1) is 30.5. The van der Waals surface area contributed by atoms with Gasteiger partial charge in [-0.1, -0.05) is 72.1 Å². The normalized spacial score (nSPS) is 12.9. The summed E-state index contributed by atoms with van der Waals surface area (Å²) in [6.07, 6.45) is 0.718. The number of nitrogens with one attached hydrogen (secondary N) is 1. The molecule has 0 aliphatic heterocycles. The SMILES string of the molecule is CC[C@H](C)NC(=O)[C@@H](C)N(Cc1ccc(Cl)c(Cl)c1)C(=O)CN(c1ccccc1)S(=O)(=O)c1ccc(C)cc1. The van der Waals surface area contributed by atoms with Crippen molar-refractivity contribution in [1.82, 2.24) is 10.2 Å². The lowest BCUT2D eigenvalue weighted by Crippen LogP contribution is -2.52. The van der Waals surface area contributed by atoms with Gasteiger partial charge in [-0.15, -0.1) is 0 Å². The van der Waals surface area contributed by atoms with Crippen LogP contribution >= 0.6 is 23.2 Å². The van der Waals surface area contributed by atoms with Gasteiger partial charge in [0.25, 0.3) is 10.0 Å². The molecule has 10 heteroatoms. The van der Waals surface area contributed by atoms with Crippen molar-refractivity contribution >= 4 is 50.7 Å². The maximum Gasteiger partial charge on any atom is 0.264 e. The summed E-state index contributed by atoms with van der Waals surface area (Å²) < 4.78 is 28.6. The second kappa shape index (κ2) is 13.3. The highest BCUT2D eigenvalue weighted by Crippen LogP contribution is 2.26. The highest BCUT2D eigenvalue weighted by molar-refractivity contribution is 7.92. The molecular formula is C29H33Cl2N3O4S. The Labute approximate surface area is 240 Å². The van der Waals surface area contributed by atoms with Crippen molar-refractivity contribution in [3.8, 4) is 0 Å². The number of para-hydroxylation sites is 1. The van der Waals surface area contributed by atoms with Crippen LogP contribution in [0.2, 0.25) is 10.0 Å². The lowest BCUT2D eigenvalue weighted by atomic mass is 10.1. The molecule has 0 unspecified atom stereocenters. The minimum Gasteiger partial charge on any atom is -0.352 e. The number of amides is 2. The number of halogens is 2. The summed E-state index contributed by atoms with van der Waals surface area (Å²) in [4.78, 5) is 28.4. The van der Waals surface area contributed by atoms with Crippen LogP contribution in [0.1, 0.15) is 38.3 Å². The molecule has 0 radical (unpaired) electrons. The van der Waals surface area contributed by atoms with Gasteiger partial charge in [0, 0.05) is 12.6 Å². The van der Waals surface area contributed by atoms with Gasteiger partial charge in [-0.25, -0.2) is 8.42 Å². The van der Waals surface area contributed by atoms with E-state index in [2.05, 4.69) is 5.32 Å². The van der Waals surface area contributed by atoms with Crippen LogP contribution in [0.25, 0.3) is 0 Å². The van der Waals surface area contributed by atoms with E-state index < -0.39 is 28.5 Å². The Morgan fingerprint density at radius 1 is 0.923 bits per heavy atom. The van der Waals surface area contributed by atoms with Crippen molar-refractivity contribution in [2.75, 3.05) is 10.8 Å². The van der Waals surface area contributed by atoms with Crippen molar-refractivity contribution < 1.29 is 18.0 Å². The van der Waals surface area contributed by atoms with Crippen LogP contribution in [-0.4, -0.2) is 43.8 Å². The van der Waals surface area contributed by atoms with E-state index in [-0.39, 0.29) is 23.4 Å². The molecule has 0 heterocycles. The molecule has 1 N–H and O–H groups in total. The average molecular weight is 591 g/mol. The van der Waals surface area contributed by atoms with Crippen LogP contribution in [0.4, 0.5) is 5.69 Å². The van der Waals surface area contributed by atoms with Crippen molar-refractivity contribution in [3.63, 3.8) is 0 Å². The molecule has 0 saturated carbocycles. The molecular weight excluding hydrogens is 557 g/mol. The van der Waals surface area contributed by atoms with Crippen molar-refractivity contribution in [3.05, 3.63) is 94.0 Å². The Hall–Kier alpha value is -3.07. The van der Waals surface area contributed by atoms with Crippen LogP contribution in [-0.2, 0) is 26.2 Å². The van der Waals surface area contributed by atoms with Gasteiger partial charge in [-0.05, 0) is 69.2 Å². The lowest BCUT2D eigenvalue weighted by molar-refractivity contribution is -0.139. The van der Waals surface area contributed by atoms with E-state index in [0.717, 1.165) is 16.3 Å². The molecule has 39 heavy (non-hydrogen) atoms. The minimum atomic E-state index is -4.11. The van der Waals surface area contributed by atoms with E-state index in [1.807, 2.05) is 20.8 Å². The first-order valence-electron chi connectivity index (χ1n) is 12.6. The molecule has 7 nitrogen and oxygen atoms in total. The van der Waals surface area contributed by atoms with Crippen LogP contribution in [0.3, 0.4) is 0 Å². The average Bonchev–Trinajstić information content (AvgIpc) is 2.92. The topological polar surface area (TPSA) is 86.8 Å². The Morgan fingerprint density at radius 2 is 1.56 bits per heavy atom. The zero-order valence-electron chi connectivity index (χ0n) is 22.4. The molecule has 0 spiro atoms. The monoisotopic (exact) mass is 589 g/mol. The van der Waals surface area contributed by atoms with Crippen LogP contribution in [0.5, 0.6) is 0 Å². The van der Waals surface area contributed by atoms with E-state index in [1.54, 1.807) is 67.6 Å². The molecule has 2 atom stereocenters. The van der Waals surface area contributed by atoms with Gasteiger partial charge in [0.15, 0.2) is 0 Å². The van der Waals surface area contributed by atoms with Gasteiger partial charge < -0.3 is 10.2 Å². The first-order valence-corrected chi connectivity index (χ1v) is 14.8. The number of benzene rings is 3. The smallest absolute Gasteiger partial charge is 0.264 e. The third-order valence-corrected chi connectivity index (χ3v) is 8.96. The number of carbonyl (C=O) groups is 2. The fraction of sp³-hybridized carbons (Fsp3) is 0.310. The number of hydrogen-bond acceptors (Lipinski definition) is 4. The zero-order chi connectivity index (χ0) is 28.7. The largest absolute Gasteiger partial charge is 0.352 e. The Balaban J connectivity index is 2.01. The van der Waals surface area contributed by atoms with Crippen molar-refractivity contribution in [2.45, 2.75) is 57.6 Å². The Kier molecular flexibility index (Phi) is 10.4. The zero-order valence-corrected chi connectivity index (χ0v) is 24.7. The quantitative estimate of drug-likeness (QED) is 0.305. The number of hydrogen-bond donors (Lipinski definition) is 1. The number of nitrogens with zero attached hydrogens (tertiary/aromatic N) is 2. The molecule has 0 bridgehead atoms. The third-order valence-electron chi connectivity index (χ3n) is 6.44. The second-order valence-electron chi connectivity index (χ2n) is 9.42. The molecule has 0 fully saturated rings. The molecule has 0 aromatic heterocycles. The summed E-state index contributed by atoms with van der Waals surface area (Å²) in [5.74, 6) is -0.891. The lowest BCUT2D eigenvalue weighted by Gasteiger charge is -2.32. The molecule has 0 aliphatic rings. The van der Waals surface area contributed by atoms with Gasteiger partial charge in [0.2, 0.25) is 11.8 Å². The fourth-order valence-corrected chi connectivity index (χ4v) is 5.58. The van der Waals surface area contributed by atoms with Gasteiger partial charge in [0.1, 0.15) is 12.6 Å². The summed E-state index contributed by atoms with van der Waals surface area (Å²) in [6.45, 7) is 6.82. The first-order chi connectivity index (χ1) is 18.4. The molecule has 3 aromatic carbocycles. The van der Waals surface area contributed by atoms with Gasteiger partial charge in [0.05, 0.1) is 20.6 Å². The molecule has 3 aromatic rings. The van der Waals surface area contributed by atoms with E-state index in [9.17, 15) is 18.0 Å². The summed E-state index contributed by atoms with van der Waals surface area (Å²) >= 11 is 12.3. The van der Waals surface area contributed by atoms with Gasteiger partial charge >= 0.3 is 0 Å². The van der Waals surface area contributed by atoms with Gasteiger partial charge in [-0.3, -0.25) is 13.9 Å². The molecule has 2 amide bonds. The Bertz CT molecular complexity index is 1400. The van der Waals surface area contributed by atoms with E-state index in [4.69, 9.17) is 23.2 Å². The van der Waals surface area contributed by atoms with E-state index in [1.165, 1.54) is 17.0 Å². The van der Waals surface area contributed by atoms with Gasteiger partial charge in [-0.2, -0.15) is 0 Å². The van der Waals surface area contributed by atoms with Crippen LogP contribution in [0, 0.1) is 6.92 Å². The van der Waals surface area contributed by atoms with Crippen LogP contribution < -0.4 is 9.62 Å². The summed E-state index contributed by atoms with van der Waals surface area (Å²) in [5.41, 5.74) is 1.89. The second-order valence-corrected chi connectivity index (χ2v) is 12.1. The molecule has 3 rings (SSSR count). The minimum absolute atomic E-state index is 0.0258. The van der Waals surface area contributed by atoms with E-state index >= 15 is 0 Å². The summed E-state index contributed by atoms with van der Waals surface area (Å²) in [7, 11) is -4.11. The number of sulfonamides is 1. The Morgan fingerprint density at radius 3 is 2.15 bits per heavy atom. The molecule has 0 saturated heterocycles. The fourth-order valence-electron chi connectivity index (χ4n) is 3.84. The number of carbonyl (C=O) groups excluding carboxylic acids is 2. The van der Waals surface area contributed by atoms with E-state index in [0.29, 0.717) is 21.3 Å². The number of anilines is 1. The molecule has 208 valence electrons. The highest BCUT2D eigenvalue weighted by Gasteiger charge is 2.32. The highest BCUT2D eigenvalue weighted by atomic mass is 35.5. The van der Waals surface area contributed by atoms with Crippen molar-refractivity contribution in [1.29, 1.82) is 0 Å². The standard InChI is InChI=1S/C29H33Cl2N3O4S/c1-5-21(3)32-29(36)22(4)33(18-23-13-16-26(30)27(31)17-23)28(35)19-34(24-9-7-6-8-10-24)39(37,38)25-14-11-20(2)12-15-25/h6-17,21-22H,5,18-19H2,1-4H3,(H,32,36)/t21-,22+/m0/s1. The predicted octanol–water partition coefficient (Wildman–Crippen LogP) is 5.83. The van der Waals surface area contributed by atoms with Crippen LogP contribution in [0.15, 0.2) is 77.7 Å². The maximum absolute atomic E-state index is 13.9. The van der Waals surface area contributed by atoms with Crippen molar-refractivity contribution in [2.24, 2.45) is 0 Å².